The highest BCUT2D eigenvalue weighted by atomic mass is 32.2. The van der Waals surface area contributed by atoms with Crippen molar-refractivity contribution in [2.24, 2.45) is 0 Å². The molecule has 0 aliphatic rings. The van der Waals surface area contributed by atoms with Gasteiger partial charge in [-0.05, 0) is 31.2 Å². The molecule has 1 unspecified atom stereocenters. The van der Waals surface area contributed by atoms with E-state index < -0.39 is 0 Å². The minimum absolute atomic E-state index is 0.0191. The van der Waals surface area contributed by atoms with E-state index in [0.29, 0.717) is 11.8 Å². The van der Waals surface area contributed by atoms with E-state index in [0.717, 1.165) is 10.6 Å². The molecule has 0 saturated carbocycles. The Hall–Kier alpha value is -2.35. The van der Waals surface area contributed by atoms with Crippen molar-refractivity contribution >= 4 is 35.3 Å². The summed E-state index contributed by atoms with van der Waals surface area (Å²) in [5.41, 5.74) is 6.53. The molecule has 1 aromatic carbocycles. The number of hydrogen-bond donors (Lipinski definition) is 2. The van der Waals surface area contributed by atoms with Crippen molar-refractivity contribution in [3.63, 3.8) is 0 Å². The number of benzene rings is 1. The lowest BCUT2D eigenvalue weighted by Gasteiger charge is -2.15. The molecule has 0 fully saturated rings. The van der Waals surface area contributed by atoms with Crippen LogP contribution in [0.3, 0.4) is 0 Å². The van der Waals surface area contributed by atoms with Gasteiger partial charge in [0.2, 0.25) is 17.8 Å². The first kappa shape index (κ1) is 17.0. The van der Waals surface area contributed by atoms with Crippen LogP contribution in [0.5, 0.6) is 0 Å². The van der Waals surface area contributed by atoms with Gasteiger partial charge in [-0.3, -0.25) is 4.79 Å². The van der Waals surface area contributed by atoms with Gasteiger partial charge < -0.3 is 16.0 Å². The van der Waals surface area contributed by atoms with Crippen LogP contribution in [-0.2, 0) is 4.79 Å². The van der Waals surface area contributed by atoms with E-state index in [1.807, 2.05) is 45.3 Å². The fraction of sp³-hybridized carbons (Fsp3) is 0.333. The second-order valence-electron chi connectivity index (χ2n) is 5.21. The lowest BCUT2D eigenvalue weighted by molar-refractivity contribution is -0.114. The van der Waals surface area contributed by atoms with Crippen molar-refractivity contribution in [1.29, 1.82) is 0 Å². The number of nitrogens with two attached hydrogens (primary N) is 1. The average Bonchev–Trinajstić information content (AvgIpc) is 2.48. The Balaban J connectivity index is 2.12. The maximum absolute atomic E-state index is 11.0. The van der Waals surface area contributed by atoms with Gasteiger partial charge in [0, 0.05) is 31.6 Å². The minimum atomic E-state index is -0.0874. The van der Waals surface area contributed by atoms with E-state index in [2.05, 4.69) is 20.3 Å². The Labute approximate surface area is 139 Å². The predicted molar refractivity (Wildman–Crippen MR) is 93.6 cm³/mol. The maximum atomic E-state index is 11.0. The number of nitrogens with zero attached hydrogens (tertiary/aromatic N) is 4. The Morgan fingerprint density at radius 3 is 2.43 bits per heavy atom. The molecular formula is C15H20N6OS. The monoisotopic (exact) mass is 332 g/mol. The zero-order valence-electron chi connectivity index (χ0n) is 13.6. The number of nitrogens with one attached hydrogen (secondary N) is 1. The van der Waals surface area contributed by atoms with Crippen molar-refractivity contribution in [1.82, 2.24) is 15.0 Å². The summed E-state index contributed by atoms with van der Waals surface area (Å²) in [7, 11) is 3.72. The first-order chi connectivity index (χ1) is 10.8. The molecule has 1 atom stereocenters. The lowest BCUT2D eigenvalue weighted by Crippen LogP contribution is -2.16. The molecule has 0 spiro atoms. The fourth-order valence-corrected chi connectivity index (χ4v) is 2.77. The Morgan fingerprint density at radius 2 is 1.87 bits per heavy atom. The fourth-order valence-electron chi connectivity index (χ4n) is 1.86. The molecule has 1 amide bonds. The summed E-state index contributed by atoms with van der Waals surface area (Å²) in [6.45, 7) is 3.50. The van der Waals surface area contributed by atoms with E-state index in [4.69, 9.17) is 5.73 Å². The van der Waals surface area contributed by atoms with Gasteiger partial charge in [0.1, 0.15) is 5.82 Å². The van der Waals surface area contributed by atoms with E-state index >= 15 is 0 Å². The Bertz CT molecular complexity index is 689. The van der Waals surface area contributed by atoms with Gasteiger partial charge in [-0.25, -0.2) is 0 Å². The van der Waals surface area contributed by atoms with Crippen LogP contribution in [0.1, 0.15) is 24.9 Å². The second-order valence-corrected chi connectivity index (χ2v) is 6.63. The quantitative estimate of drug-likeness (QED) is 0.811. The number of anilines is 3. The molecule has 3 N–H and O–H groups in total. The van der Waals surface area contributed by atoms with Crippen molar-refractivity contribution in [2.75, 3.05) is 30.0 Å². The van der Waals surface area contributed by atoms with E-state index in [-0.39, 0.29) is 17.1 Å². The molecule has 1 aromatic heterocycles. The molecule has 23 heavy (non-hydrogen) atoms. The molecule has 7 nitrogen and oxygen atoms in total. The van der Waals surface area contributed by atoms with Crippen molar-refractivity contribution in [3.05, 3.63) is 30.1 Å². The average molecular weight is 332 g/mol. The summed E-state index contributed by atoms with van der Waals surface area (Å²) >= 11 is 1.61. The number of amides is 1. The molecule has 0 aliphatic heterocycles. The number of thioether (sulfide) groups is 1. The zero-order valence-corrected chi connectivity index (χ0v) is 14.4. The third-order valence-electron chi connectivity index (χ3n) is 2.91. The molecule has 0 radical (unpaired) electrons. The van der Waals surface area contributed by atoms with Crippen LogP contribution in [0.15, 0.2) is 29.2 Å². The van der Waals surface area contributed by atoms with Gasteiger partial charge in [-0.1, -0.05) is 0 Å². The smallest absolute Gasteiger partial charge is 0.229 e. The van der Waals surface area contributed by atoms with Crippen LogP contribution >= 0.6 is 11.8 Å². The first-order valence-corrected chi connectivity index (χ1v) is 7.96. The molecule has 2 rings (SSSR count). The molecule has 0 bridgehead atoms. The van der Waals surface area contributed by atoms with Crippen LogP contribution in [-0.4, -0.2) is 35.0 Å². The van der Waals surface area contributed by atoms with Gasteiger partial charge in [0.15, 0.2) is 0 Å². The van der Waals surface area contributed by atoms with Crippen LogP contribution in [0, 0.1) is 0 Å². The zero-order chi connectivity index (χ0) is 17.0. The van der Waals surface area contributed by atoms with Crippen molar-refractivity contribution in [3.8, 4) is 0 Å². The summed E-state index contributed by atoms with van der Waals surface area (Å²) in [5.74, 6) is 1.31. The highest BCUT2D eigenvalue weighted by Crippen LogP contribution is 2.34. The maximum Gasteiger partial charge on any atom is 0.229 e. The minimum Gasteiger partial charge on any atom is -0.368 e. The van der Waals surface area contributed by atoms with Gasteiger partial charge in [0.05, 0.1) is 5.25 Å². The third kappa shape index (κ3) is 4.82. The number of hydrogen-bond acceptors (Lipinski definition) is 7. The largest absolute Gasteiger partial charge is 0.368 e. The van der Waals surface area contributed by atoms with Gasteiger partial charge in [0.25, 0.3) is 0 Å². The molecule has 8 heteroatoms. The molecule has 0 aliphatic carbocycles. The normalized spacial score (nSPS) is 11.8. The van der Waals surface area contributed by atoms with Crippen molar-refractivity contribution in [2.45, 2.75) is 24.0 Å². The van der Waals surface area contributed by atoms with E-state index in [1.54, 1.807) is 16.7 Å². The summed E-state index contributed by atoms with van der Waals surface area (Å²) < 4.78 is 0. The van der Waals surface area contributed by atoms with Gasteiger partial charge in [-0.15, -0.1) is 11.8 Å². The van der Waals surface area contributed by atoms with E-state index in [1.165, 1.54) is 6.92 Å². The Morgan fingerprint density at radius 1 is 1.22 bits per heavy atom. The van der Waals surface area contributed by atoms with Gasteiger partial charge in [-0.2, -0.15) is 15.0 Å². The van der Waals surface area contributed by atoms with Crippen LogP contribution in [0.25, 0.3) is 0 Å². The number of carbonyl (C=O) groups excluding carboxylic acids is 1. The van der Waals surface area contributed by atoms with Gasteiger partial charge >= 0.3 is 0 Å². The second kappa shape index (κ2) is 7.28. The van der Waals surface area contributed by atoms with Crippen molar-refractivity contribution < 1.29 is 4.79 Å². The van der Waals surface area contributed by atoms with Crippen LogP contribution in [0.2, 0.25) is 0 Å². The third-order valence-corrected chi connectivity index (χ3v) is 4.02. The summed E-state index contributed by atoms with van der Waals surface area (Å²) in [6.07, 6.45) is 0. The highest BCUT2D eigenvalue weighted by molar-refractivity contribution is 7.99. The number of rotatable bonds is 5. The molecule has 1 heterocycles. The summed E-state index contributed by atoms with van der Waals surface area (Å²) in [6, 6.07) is 7.63. The van der Waals surface area contributed by atoms with E-state index in [9.17, 15) is 4.79 Å². The Kier molecular flexibility index (Phi) is 5.38. The molecule has 0 saturated heterocycles. The number of carbonyl (C=O) groups is 1. The number of nitrogen functional groups attached to an aromatic ring is 1. The van der Waals surface area contributed by atoms with Crippen LogP contribution in [0.4, 0.5) is 17.6 Å². The standard InChI is InChI=1S/C15H20N6OS/c1-9(13-18-14(16)20-15(19-13)21(3)4)23-12-7-5-11(6-8-12)17-10(2)22/h5-9H,1-4H3,(H,17,22)(H2,16,18,19,20). The lowest BCUT2D eigenvalue weighted by atomic mass is 10.3. The topological polar surface area (TPSA) is 97.0 Å². The predicted octanol–water partition coefficient (Wildman–Crippen LogP) is 2.33. The first-order valence-electron chi connectivity index (χ1n) is 7.08. The van der Waals surface area contributed by atoms with Crippen LogP contribution < -0.4 is 16.0 Å². The molecule has 2 aromatic rings. The summed E-state index contributed by atoms with van der Waals surface area (Å²) in [4.78, 5) is 26.6. The number of aromatic nitrogens is 3. The summed E-state index contributed by atoms with van der Waals surface area (Å²) in [5, 5.41) is 2.76. The molecular weight excluding hydrogens is 312 g/mol. The SMILES string of the molecule is CC(=O)Nc1ccc(SC(C)c2nc(N)nc(N(C)C)n2)cc1. The molecule has 122 valence electrons. The highest BCUT2D eigenvalue weighted by Gasteiger charge is 2.14.